The molecule has 1 fully saturated rings. The summed E-state index contributed by atoms with van der Waals surface area (Å²) < 4.78 is 5.59. The highest BCUT2D eigenvalue weighted by atomic mass is 16.5. The fraction of sp³-hybridized carbons (Fsp3) is 0.375. The first-order chi connectivity index (χ1) is 15.5. The molecule has 8 nitrogen and oxygen atoms in total. The van der Waals surface area contributed by atoms with E-state index in [9.17, 15) is 14.4 Å². The van der Waals surface area contributed by atoms with Gasteiger partial charge in [-0.1, -0.05) is 30.3 Å². The minimum atomic E-state index is -0.313. The van der Waals surface area contributed by atoms with Gasteiger partial charge >= 0.3 is 0 Å². The van der Waals surface area contributed by atoms with Gasteiger partial charge in [-0.3, -0.25) is 19.3 Å². The van der Waals surface area contributed by atoms with Gasteiger partial charge in [0.15, 0.2) is 0 Å². The molecular weight excluding hydrogens is 408 g/mol. The topological polar surface area (TPSA) is 105 Å². The molecule has 0 aliphatic carbocycles. The third kappa shape index (κ3) is 4.91. The molecule has 2 aliphatic heterocycles. The Labute approximate surface area is 187 Å². The molecule has 1 unspecified atom stereocenters. The SMILES string of the molecule is NC(=O)C1CCCN1Cc1ccccc1NC(=O)CCC(=O)N1CCOc2ccccc21. The lowest BCUT2D eigenvalue weighted by Crippen LogP contribution is -2.39. The van der Waals surface area contributed by atoms with Gasteiger partial charge in [-0.15, -0.1) is 0 Å². The highest BCUT2D eigenvalue weighted by Gasteiger charge is 2.29. The van der Waals surface area contributed by atoms with Crippen molar-refractivity contribution in [3.05, 3.63) is 54.1 Å². The molecule has 8 heteroatoms. The minimum Gasteiger partial charge on any atom is -0.490 e. The van der Waals surface area contributed by atoms with Crippen LogP contribution in [0, 0.1) is 0 Å². The van der Waals surface area contributed by atoms with Crippen LogP contribution in [0.4, 0.5) is 11.4 Å². The van der Waals surface area contributed by atoms with Crippen LogP contribution in [-0.4, -0.2) is 48.4 Å². The van der Waals surface area contributed by atoms with E-state index in [1.807, 2.05) is 53.4 Å². The maximum atomic E-state index is 12.8. The van der Waals surface area contributed by atoms with E-state index in [0.29, 0.717) is 31.1 Å². The van der Waals surface area contributed by atoms with Crippen molar-refractivity contribution in [2.24, 2.45) is 5.73 Å². The van der Waals surface area contributed by atoms with E-state index in [-0.39, 0.29) is 36.6 Å². The molecular formula is C24H28N4O4. The average molecular weight is 437 g/mol. The van der Waals surface area contributed by atoms with Crippen molar-refractivity contribution in [1.82, 2.24) is 4.90 Å². The molecule has 2 heterocycles. The van der Waals surface area contributed by atoms with Crippen LogP contribution in [0.15, 0.2) is 48.5 Å². The molecule has 0 saturated carbocycles. The number of nitrogens with one attached hydrogen (secondary N) is 1. The van der Waals surface area contributed by atoms with E-state index in [0.717, 1.165) is 30.6 Å². The maximum Gasteiger partial charge on any atom is 0.234 e. The average Bonchev–Trinajstić information content (AvgIpc) is 3.27. The Bertz CT molecular complexity index is 1010. The highest BCUT2D eigenvalue weighted by molar-refractivity contribution is 5.99. The highest BCUT2D eigenvalue weighted by Crippen LogP contribution is 2.31. The molecule has 3 amide bonds. The summed E-state index contributed by atoms with van der Waals surface area (Å²) in [6.07, 6.45) is 1.88. The molecule has 0 spiro atoms. The van der Waals surface area contributed by atoms with Crippen molar-refractivity contribution < 1.29 is 19.1 Å². The fourth-order valence-electron chi connectivity index (χ4n) is 4.33. The summed E-state index contributed by atoms with van der Waals surface area (Å²) in [6, 6.07) is 14.7. The smallest absolute Gasteiger partial charge is 0.234 e. The van der Waals surface area contributed by atoms with Gasteiger partial charge in [-0.05, 0) is 43.1 Å². The third-order valence-corrected chi connectivity index (χ3v) is 5.95. The number of hydrogen-bond donors (Lipinski definition) is 2. The number of nitrogens with zero attached hydrogens (tertiary/aromatic N) is 2. The van der Waals surface area contributed by atoms with Gasteiger partial charge in [0.25, 0.3) is 0 Å². The number of hydrogen-bond acceptors (Lipinski definition) is 5. The number of ether oxygens (including phenoxy) is 1. The fourth-order valence-corrected chi connectivity index (χ4v) is 4.33. The molecule has 1 saturated heterocycles. The van der Waals surface area contributed by atoms with Gasteiger partial charge in [0.1, 0.15) is 12.4 Å². The van der Waals surface area contributed by atoms with Crippen molar-refractivity contribution in [1.29, 1.82) is 0 Å². The van der Waals surface area contributed by atoms with E-state index in [1.165, 1.54) is 0 Å². The number of para-hydroxylation sites is 3. The Morgan fingerprint density at radius 3 is 2.66 bits per heavy atom. The Morgan fingerprint density at radius 2 is 1.81 bits per heavy atom. The first kappa shape index (κ1) is 21.8. The molecule has 168 valence electrons. The molecule has 32 heavy (non-hydrogen) atoms. The van der Waals surface area contributed by atoms with Crippen LogP contribution < -0.4 is 20.7 Å². The minimum absolute atomic E-state index is 0.0836. The summed E-state index contributed by atoms with van der Waals surface area (Å²) in [5.41, 5.74) is 7.88. The van der Waals surface area contributed by atoms with Crippen LogP contribution >= 0.6 is 0 Å². The zero-order chi connectivity index (χ0) is 22.5. The zero-order valence-electron chi connectivity index (χ0n) is 18.0. The van der Waals surface area contributed by atoms with Crippen molar-refractivity contribution in [2.75, 3.05) is 29.9 Å². The lowest BCUT2D eigenvalue weighted by atomic mass is 10.1. The van der Waals surface area contributed by atoms with Crippen molar-refractivity contribution in [3.63, 3.8) is 0 Å². The van der Waals surface area contributed by atoms with Crippen LogP contribution in [0.5, 0.6) is 5.75 Å². The van der Waals surface area contributed by atoms with Crippen LogP contribution in [0.25, 0.3) is 0 Å². The number of amides is 3. The number of rotatable bonds is 7. The molecule has 2 aromatic carbocycles. The molecule has 2 aliphatic rings. The number of fused-ring (bicyclic) bond motifs is 1. The summed E-state index contributed by atoms with van der Waals surface area (Å²) in [4.78, 5) is 40.8. The quantitative estimate of drug-likeness (QED) is 0.693. The van der Waals surface area contributed by atoms with Gasteiger partial charge < -0.3 is 20.7 Å². The zero-order valence-corrected chi connectivity index (χ0v) is 18.0. The van der Waals surface area contributed by atoms with Crippen LogP contribution in [0.2, 0.25) is 0 Å². The first-order valence-corrected chi connectivity index (χ1v) is 11.0. The second kappa shape index (κ2) is 9.82. The van der Waals surface area contributed by atoms with Gasteiger partial charge in [-0.2, -0.15) is 0 Å². The standard InChI is InChI=1S/C24H28N4O4/c25-24(31)20-9-5-13-27(20)16-17-6-1-2-7-18(17)26-22(29)11-12-23(30)28-14-15-32-21-10-4-3-8-19(21)28/h1-4,6-8,10,20H,5,9,11-16H2,(H2,25,31)(H,26,29). The van der Waals surface area contributed by atoms with Crippen molar-refractivity contribution in [2.45, 2.75) is 38.3 Å². The van der Waals surface area contributed by atoms with Crippen molar-refractivity contribution in [3.8, 4) is 5.75 Å². The van der Waals surface area contributed by atoms with E-state index in [4.69, 9.17) is 10.5 Å². The number of carbonyl (C=O) groups excluding carboxylic acids is 3. The molecule has 2 aromatic rings. The number of benzene rings is 2. The Hall–Kier alpha value is -3.39. The molecule has 0 aromatic heterocycles. The number of nitrogens with two attached hydrogens (primary N) is 1. The molecule has 3 N–H and O–H groups in total. The van der Waals surface area contributed by atoms with Gasteiger partial charge in [0.2, 0.25) is 17.7 Å². The monoisotopic (exact) mass is 436 g/mol. The summed E-state index contributed by atoms with van der Waals surface area (Å²) in [5.74, 6) is 0.0413. The summed E-state index contributed by atoms with van der Waals surface area (Å²) in [7, 11) is 0. The number of likely N-dealkylation sites (tertiary alicyclic amines) is 1. The van der Waals surface area contributed by atoms with E-state index < -0.39 is 0 Å². The summed E-state index contributed by atoms with van der Waals surface area (Å²) in [5, 5.41) is 2.93. The van der Waals surface area contributed by atoms with Crippen LogP contribution in [0.3, 0.4) is 0 Å². The summed E-state index contributed by atoms with van der Waals surface area (Å²) in [6.45, 7) is 2.24. The molecule has 4 rings (SSSR count). The summed E-state index contributed by atoms with van der Waals surface area (Å²) >= 11 is 0. The lowest BCUT2D eigenvalue weighted by molar-refractivity contribution is -0.122. The maximum absolute atomic E-state index is 12.8. The number of anilines is 2. The van der Waals surface area contributed by atoms with Gasteiger partial charge in [0, 0.05) is 25.1 Å². The second-order valence-electron chi connectivity index (χ2n) is 8.10. The third-order valence-electron chi connectivity index (χ3n) is 5.95. The second-order valence-corrected chi connectivity index (χ2v) is 8.10. The Balaban J connectivity index is 1.35. The molecule has 0 radical (unpaired) electrons. The van der Waals surface area contributed by atoms with Crippen LogP contribution in [-0.2, 0) is 20.9 Å². The molecule has 0 bridgehead atoms. The van der Waals surface area contributed by atoms with Gasteiger partial charge in [0.05, 0.1) is 18.3 Å². The van der Waals surface area contributed by atoms with Crippen molar-refractivity contribution >= 4 is 29.1 Å². The van der Waals surface area contributed by atoms with E-state index in [2.05, 4.69) is 5.32 Å². The number of carbonyl (C=O) groups is 3. The number of primary amides is 1. The molecule has 1 atom stereocenters. The Kier molecular flexibility index (Phi) is 6.70. The lowest BCUT2D eigenvalue weighted by Gasteiger charge is -2.29. The van der Waals surface area contributed by atoms with Gasteiger partial charge in [-0.25, -0.2) is 0 Å². The Morgan fingerprint density at radius 1 is 1.03 bits per heavy atom. The normalized spacial score (nSPS) is 18.0. The van der Waals surface area contributed by atoms with E-state index in [1.54, 1.807) is 4.90 Å². The first-order valence-electron chi connectivity index (χ1n) is 11.0. The predicted octanol–water partition coefficient (Wildman–Crippen LogP) is 2.28. The predicted molar refractivity (Wildman–Crippen MR) is 121 cm³/mol. The van der Waals surface area contributed by atoms with E-state index >= 15 is 0 Å². The largest absolute Gasteiger partial charge is 0.490 e. The van der Waals surface area contributed by atoms with Crippen LogP contribution in [0.1, 0.15) is 31.2 Å².